The SMILES string of the molecule is CC(O)CNc1cc(N)cc(OC(C)C)c1. The fourth-order valence-electron chi connectivity index (χ4n) is 1.33. The predicted molar refractivity (Wildman–Crippen MR) is 66.8 cm³/mol. The van der Waals surface area contributed by atoms with E-state index in [1.807, 2.05) is 26.0 Å². The number of hydrogen-bond donors (Lipinski definition) is 3. The normalized spacial score (nSPS) is 12.6. The lowest BCUT2D eigenvalue weighted by Gasteiger charge is -2.14. The van der Waals surface area contributed by atoms with Gasteiger partial charge in [0.25, 0.3) is 0 Å². The average molecular weight is 224 g/mol. The summed E-state index contributed by atoms with van der Waals surface area (Å²) in [6.45, 7) is 6.15. The van der Waals surface area contributed by atoms with E-state index in [1.165, 1.54) is 0 Å². The van der Waals surface area contributed by atoms with Crippen LogP contribution in [-0.4, -0.2) is 23.9 Å². The molecule has 16 heavy (non-hydrogen) atoms. The number of anilines is 2. The van der Waals surface area contributed by atoms with Crippen molar-refractivity contribution in [3.63, 3.8) is 0 Å². The molecule has 0 aliphatic heterocycles. The predicted octanol–water partition coefficient (Wildman–Crippen LogP) is 1.85. The van der Waals surface area contributed by atoms with Crippen LogP contribution in [0.4, 0.5) is 11.4 Å². The molecule has 1 aromatic carbocycles. The molecular formula is C12H20N2O2. The maximum Gasteiger partial charge on any atom is 0.123 e. The van der Waals surface area contributed by atoms with Crippen molar-refractivity contribution in [3.05, 3.63) is 18.2 Å². The van der Waals surface area contributed by atoms with Gasteiger partial charge in [-0.1, -0.05) is 0 Å². The van der Waals surface area contributed by atoms with E-state index in [9.17, 15) is 5.11 Å². The monoisotopic (exact) mass is 224 g/mol. The van der Waals surface area contributed by atoms with Gasteiger partial charge in [0.2, 0.25) is 0 Å². The van der Waals surface area contributed by atoms with Crippen LogP contribution in [0, 0.1) is 0 Å². The Morgan fingerprint density at radius 1 is 1.31 bits per heavy atom. The maximum absolute atomic E-state index is 9.17. The van der Waals surface area contributed by atoms with Crippen LogP contribution in [0.5, 0.6) is 5.75 Å². The highest BCUT2D eigenvalue weighted by atomic mass is 16.5. The number of hydrogen-bond acceptors (Lipinski definition) is 4. The van der Waals surface area contributed by atoms with Crippen LogP contribution in [0.3, 0.4) is 0 Å². The Kier molecular flexibility index (Phi) is 4.43. The number of nitrogens with one attached hydrogen (secondary N) is 1. The van der Waals surface area contributed by atoms with Crippen molar-refractivity contribution in [1.29, 1.82) is 0 Å². The summed E-state index contributed by atoms with van der Waals surface area (Å²) in [5.41, 5.74) is 7.26. The topological polar surface area (TPSA) is 67.5 Å². The first-order chi connectivity index (χ1) is 7.47. The van der Waals surface area contributed by atoms with Crippen LogP contribution in [0.25, 0.3) is 0 Å². The van der Waals surface area contributed by atoms with Crippen LogP contribution >= 0.6 is 0 Å². The van der Waals surface area contributed by atoms with Gasteiger partial charge >= 0.3 is 0 Å². The molecule has 4 nitrogen and oxygen atoms in total. The largest absolute Gasteiger partial charge is 0.491 e. The highest BCUT2D eigenvalue weighted by molar-refractivity contribution is 5.59. The summed E-state index contributed by atoms with van der Waals surface area (Å²) in [7, 11) is 0. The Morgan fingerprint density at radius 2 is 2.00 bits per heavy atom. The lowest BCUT2D eigenvalue weighted by atomic mass is 10.2. The molecule has 0 saturated heterocycles. The minimum absolute atomic E-state index is 0.117. The van der Waals surface area contributed by atoms with Crippen LogP contribution in [-0.2, 0) is 0 Å². The van der Waals surface area contributed by atoms with Gasteiger partial charge in [-0.3, -0.25) is 0 Å². The standard InChI is InChI=1S/C12H20N2O2/c1-8(2)16-12-5-10(13)4-11(6-12)14-7-9(3)15/h4-6,8-9,14-15H,7,13H2,1-3H3. The van der Waals surface area contributed by atoms with Gasteiger partial charge in [0.05, 0.1) is 12.2 Å². The van der Waals surface area contributed by atoms with Gasteiger partial charge < -0.3 is 20.9 Å². The zero-order valence-corrected chi connectivity index (χ0v) is 10.0. The second kappa shape index (κ2) is 5.61. The van der Waals surface area contributed by atoms with Crippen molar-refractivity contribution in [2.45, 2.75) is 33.0 Å². The third-order valence-corrected chi connectivity index (χ3v) is 1.90. The zero-order chi connectivity index (χ0) is 12.1. The Labute approximate surface area is 96.4 Å². The summed E-state index contributed by atoms with van der Waals surface area (Å²) in [6.07, 6.45) is -0.276. The number of aliphatic hydroxyl groups excluding tert-OH is 1. The van der Waals surface area contributed by atoms with E-state index >= 15 is 0 Å². The number of ether oxygens (including phenoxy) is 1. The number of benzene rings is 1. The van der Waals surface area contributed by atoms with Crippen molar-refractivity contribution < 1.29 is 9.84 Å². The lowest BCUT2D eigenvalue weighted by molar-refractivity contribution is 0.208. The summed E-state index contributed by atoms with van der Waals surface area (Å²) in [5.74, 6) is 0.739. The van der Waals surface area contributed by atoms with Gasteiger partial charge in [-0.05, 0) is 26.8 Å². The quantitative estimate of drug-likeness (QED) is 0.668. The molecule has 0 heterocycles. The van der Waals surface area contributed by atoms with E-state index in [-0.39, 0.29) is 6.10 Å². The van der Waals surface area contributed by atoms with Crippen LogP contribution in [0.2, 0.25) is 0 Å². The Hall–Kier alpha value is -1.42. The summed E-state index contributed by atoms with van der Waals surface area (Å²) in [4.78, 5) is 0. The van der Waals surface area contributed by atoms with Crippen LogP contribution < -0.4 is 15.8 Å². The molecule has 0 aliphatic carbocycles. The molecule has 4 N–H and O–H groups in total. The Morgan fingerprint density at radius 3 is 2.56 bits per heavy atom. The fraction of sp³-hybridized carbons (Fsp3) is 0.500. The van der Waals surface area contributed by atoms with Crippen molar-refractivity contribution in [1.82, 2.24) is 0 Å². The second-order valence-electron chi connectivity index (χ2n) is 4.19. The summed E-state index contributed by atoms with van der Waals surface area (Å²) >= 11 is 0. The summed E-state index contributed by atoms with van der Waals surface area (Å²) in [6, 6.07) is 5.47. The van der Waals surface area contributed by atoms with E-state index in [0.29, 0.717) is 12.2 Å². The molecular weight excluding hydrogens is 204 g/mol. The molecule has 0 bridgehead atoms. The molecule has 4 heteroatoms. The number of nitrogen functional groups attached to an aromatic ring is 1. The van der Waals surface area contributed by atoms with E-state index < -0.39 is 6.10 Å². The van der Waals surface area contributed by atoms with Crippen LogP contribution in [0.1, 0.15) is 20.8 Å². The molecule has 1 unspecified atom stereocenters. The number of aliphatic hydroxyl groups is 1. The minimum Gasteiger partial charge on any atom is -0.491 e. The first-order valence-corrected chi connectivity index (χ1v) is 5.46. The zero-order valence-electron chi connectivity index (χ0n) is 10.0. The number of nitrogens with two attached hydrogens (primary N) is 1. The molecule has 0 amide bonds. The molecule has 1 atom stereocenters. The molecule has 1 rings (SSSR count). The second-order valence-corrected chi connectivity index (χ2v) is 4.19. The molecule has 0 radical (unpaired) electrons. The van der Waals surface area contributed by atoms with E-state index in [4.69, 9.17) is 10.5 Å². The molecule has 0 fully saturated rings. The molecule has 0 aromatic heterocycles. The summed E-state index contributed by atoms with van der Waals surface area (Å²) in [5, 5.41) is 12.3. The first-order valence-electron chi connectivity index (χ1n) is 5.46. The van der Waals surface area contributed by atoms with Crippen molar-refractivity contribution >= 4 is 11.4 Å². The highest BCUT2D eigenvalue weighted by Gasteiger charge is 2.03. The highest BCUT2D eigenvalue weighted by Crippen LogP contribution is 2.23. The van der Waals surface area contributed by atoms with Crippen molar-refractivity contribution in [2.75, 3.05) is 17.6 Å². The molecule has 1 aromatic rings. The van der Waals surface area contributed by atoms with Gasteiger partial charge in [0, 0.05) is 30.1 Å². The fourth-order valence-corrected chi connectivity index (χ4v) is 1.33. The van der Waals surface area contributed by atoms with Gasteiger partial charge in [-0.25, -0.2) is 0 Å². The van der Waals surface area contributed by atoms with Crippen LogP contribution in [0.15, 0.2) is 18.2 Å². The molecule has 0 saturated carbocycles. The van der Waals surface area contributed by atoms with Gasteiger partial charge in [-0.15, -0.1) is 0 Å². The maximum atomic E-state index is 9.17. The van der Waals surface area contributed by atoms with Crippen molar-refractivity contribution in [2.24, 2.45) is 0 Å². The third kappa shape index (κ3) is 4.40. The summed E-state index contributed by atoms with van der Waals surface area (Å²) < 4.78 is 5.56. The van der Waals surface area contributed by atoms with Gasteiger partial charge in [-0.2, -0.15) is 0 Å². The molecule has 90 valence electrons. The lowest BCUT2D eigenvalue weighted by Crippen LogP contribution is -2.15. The van der Waals surface area contributed by atoms with Gasteiger partial charge in [0.1, 0.15) is 5.75 Å². The first kappa shape index (κ1) is 12.6. The van der Waals surface area contributed by atoms with Crippen molar-refractivity contribution in [3.8, 4) is 5.75 Å². The van der Waals surface area contributed by atoms with Gasteiger partial charge in [0.15, 0.2) is 0 Å². The smallest absolute Gasteiger partial charge is 0.123 e. The van der Waals surface area contributed by atoms with E-state index in [1.54, 1.807) is 13.0 Å². The number of rotatable bonds is 5. The van der Waals surface area contributed by atoms with E-state index in [2.05, 4.69) is 5.32 Å². The van der Waals surface area contributed by atoms with E-state index in [0.717, 1.165) is 11.4 Å². The average Bonchev–Trinajstić information content (AvgIpc) is 2.12. The Balaban J connectivity index is 2.73. The molecule has 0 spiro atoms. The molecule has 0 aliphatic rings. The Bertz CT molecular complexity index is 338. The third-order valence-electron chi connectivity index (χ3n) is 1.90. The minimum atomic E-state index is -0.393.